The number of ether oxygens (including phenoxy) is 3. The van der Waals surface area contributed by atoms with Gasteiger partial charge < -0.3 is 19.9 Å². The first-order chi connectivity index (χ1) is 12.9. The summed E-state index contributed by atoms with van der Waals surface area (Å²) in [7, 11) is 0. The number of rotatable bonds is 7. The van der Waals surface area contributed by atoms with Crippen LogP contribution in [-0.4, -0.2) is 18.7 Å². The highest BCUT2D eigenvalue weighted by Crippen LogP contribution is 2.39. The van der Waals surface area contributed by atoms with E-state index in [0.717, 1.165) is 17.5 Å². The molecule has 0 saturated heterocycles. The highest BCUT2D eigenvalue weighted by molar-refractivity contribution is 5.92. The Hall–Kier alpha value is -2.78. The quantitative estimate of drug-likeness (QED) is 0.736. The summed E-state index contributed by atoms with van der Waals surface area (Å²) in [5.41, 5.74) is 8.18. The van der Waals surface area contributed by atoms with E-state index >= 15 is 0 Å². The molecule has 27 heavy (non-hydrogen) atoms. The monoisotopic (exact) mass is 370 g/mol. The third kappa shape index (κ3) is 4.69. The first kappa shape index (κ1) is 20.5. The second-order valence-corrected chi connectivity index (χ2v) is 6.39. The standard InChI is InChI=1S/C21H26N2O4/c1-5-13(3)26-12-15-7-9-16(10-8-15)19-17(11-22)20(23)27-14(4)18(19)21(24)25-6-2/h7-10,13,19H,5-6,12,23H2,1-4H3. The predicted octanol–water partition coefficient (Wildman–Crippen LogP) is 3.65. The third-order valence-electron chi connectivity index (χ3n) is 4.52. The Kier molecular flexibility index (Phi) is 7.03. The van der Waals surface area contributed by atoms with Crippen molar-refractivity contribution in [2.24, 2.45) is 5.73 Å². The van der Waals surface area contributed by atoms with Crippen molar-refractivity contribution in [2.75, 3.05) is 6.61 Å². The van der Waals surface area contributed by atoms with Gasteiger partial charge in [0.05, 0.1) is 30.8 Å². The summed E-state index contributed by atoms with van der Waals surface area (Å²) in [6.45, 7) is 8.22. The Balaban J connectivity index is 2.37. The fraction of sp³-hybridized carbons (Fsp3) is 0.429. The van der Waals surface area contributed by atoms with Gasteiger partial charge >= 0.3 is 5.97 Å². The van der Waals surface area contributed by atoms with E-state index in [1.807, 2.05) is 31.2 Å². The maximum absolute atomic E-state index is 12.5. The van der Waals surface area contributed by atoms with E-state index < -0.39 is 11.9 Å². The van der Waals surface area contributed by atoms with Crippen LogP contribution in [0, 0.1) is 11.3 Å². The second-order valence-electron chi connectivity index (χ2n) is 6.39. The van der Waals surface area contributed by atoms with Crippen LogP contribution in [0.4, 0.5) is 0 Å². The van der Waals surface area contributed by atoms with Crippen molar-refractivity contribution in [1.82, 2.24) is 0 Å². The van der Waals surface area contributed by atoms with Gasteiger partial charge in [-0.15, -0.1) is 0 Å². The Morgan fingerprint density at radius 3 is 2.56 bits per heavy atom. The van der Waals surface area contributed by atoms with Crippen molar-refractivity contribution in [2.45, 2.75) is 52.7 Å². The van der Waals surface area contributed by atoms with Gasteiger partial charge in [-0.25, -0.2) is 4.79 Å². The Morgan fingerprint density at radius 2 is 2.00 bits per heavy atom. The van der Waals surface area contributed by atoms with Crippen molar-refractivity contribution in [3.8, 4) is 6.07 Å². The van der Waals surface area contributed by atoms with E-state index in [2.05, 4.69) is 13.0 Å². The summed E-state index contributed by atoms with van der Waals surface area (Å²) in [5, 5.41) is 9.57. The first-order valence-corrected chi connectivity index (χ1v) is 9.08. The summed E-state index contributed by atoms with van der Waals surface area (Å²) in [4.78, 5) is 12.5. The molecular formula is C21H26N2O4. The number of hydrogen-bond donors (Lipinski definition) is 1. The number of carbonyl (C=O) groups excluding carboxylic acids is 1. The summed E-state index contributed by atoms with van der Waals surface area (Å²) in [6.07, 6.45) is 1.14. The molecule has 144 valence electrons. The van der Waals surface area contributed by atoms with Crippen LogP contribution in [0.15, 0.2) is 47.1 Å². The number of allylic oxidation sites excluding steroid dienone is 2. The molecule has 2 atom stereocenters. The van der Waals surface area contributed by atoms with Gasteiger partial charge in [0.2, 0.25) is 5.88 Å². The molecule has 0 aliphatic carbocycles. The number of hydrogen-bond acceptors (Lipinski definition) is 6. The molecule has 0 amide bonds. The average Bonchev–Trinajstić information content (AvgIpc) is 2.66. The minimum absolute atomic E-state index is 0.0113. The highest BCUT2D eigenvalue weighted by atomic mass is 16.5. The van der Waals surface area contributed by atoms with Gasteiger partial charge in [-0.3, -0.25) is 0 Å². The Labute approximate surface area is 160 Å². The number of nitrogens with two attached hydrogens (primary N) is 1. The number of nitriles is 1. The zero-order valence-corrected chi connectivity index (χ0v) is 16.2. The molecule has 0 fully saturated rings. The van der Waals surface area contributed by atoms with E-state index in [-0.39, 0.29) is 24.2 Å². The van der Waals surface area contributed by atoms with Gasteiger partial charge in [0.25, 0.3) is 0 Å². The van der Waals surface area contributed by atoms with Crippen molar-refractivity contribution < 1.29 is 19.0 Å². The minimum Gasteiger partial charge on any atom is -0.463 e. The molecule has 1 aliphatic heterocycles. The molecule has 1 aromatic rings. The summed E-state index contributed by atoms with van der Waals surface area (Å²) < 4.78 is 16.3. The smallest absolute Gasteiger partial charge is 0.338 e. The summed E-state index contributed by atoms with van der Waals surface area (Å²) in [5.74, 6) is -0.770. The van der Waals surface area contributed by atoms with Crippen LogP contribution in [0.2, 0.25) is 0 Å². The van der Waals surface area contributed by atoms with E-state index in [9.17, 15) is 10.1 Å². The molecule has 0 saturated carbocycles. The lowest BCUT2D eigenvalue weighted by molar-refractivity contribution is -0.139. The summed E-state index contributed by atoms with van der Waals surface area (Å²) in [6, 6.07) is 9.68. The number of esters is 1. The molecule has 2 rings (SSSR count). The largest absolute Gasteiger partial charge is 0.463 e. The second kappa shape index (κ2) is 9.24. The molecule has 1 aromatic carbocycles. The molecule has 6 heteroatoms. The number of carbonyl (C=O) groups is 1. The van der Waals surface area contributed by atoms with Crippen molar-refractivity contribution in [1.29, 1.82) is 5.26 Å². The van der Waals surface area contributed by atoms with Gasteiger partial charge in [0.1, 0.15) is 17.4 Å². The first-order valence-electron chi connectivity index (χ1n) is 9.08. The number of nitrogens with zero attached hydrogens (tertiary/aromatic N) is 1. The summed E-state index contributed by atoms with van der Waals surface area (Å²) >= 11 is 0. The molecule has 2 unspecified atom stereocenters. The lowest BCUT2D eigenvalue weighted by atomic mass is 9.83. The van der Waals surface area contributed by atoms with Crippen LogP contribution in [-0.2, 0) is 25.6 Å². The highest BCUT2D eigenvalue weighted by Gasteiger charge is 2.36. The van der Waals surface area contributed by atoms with Crippen molar-refractivity contribution in [3.05, 3.63) is 58.2 Å². The zero-order valence-electron chi connectivity index (χ0n) is 16.2. The van der Waals surface area contributed by atoms with E-state index in [4.69, 9.17) is 19.9 Å². The topological polar surface area (TPSA) is 94.6 Å². The predicted molar refractivity (Wildman–Crippen MR) is 101 cm³/mol. The van der Waals surface area contributed by atoms with Crippen LogP contribution in [0.1, 0.15) is 51.2 Å². The van der Waals surface area contributed by atoms with Gasteiger partial charge in [0.15, 0.2) is 0 Å². The average molecular weight is 370 g/mol. The van der Waals surface area contributed by atoms with Gasteiger partial charge in [0, 0.05) is 0 Å². The Morgan fingerprint density at radius 1 is 1.33 bits per heavy atom. The lowest BCUT2D eigenvalue weighted by Crippen LogP contribution is -2.25. The SMILES string of the molecule is CCOC(=O)C1=C(C)OC(N)=C(C#N)C1c1ccc(COC(C)CC)cc1. The third-order valence-corrected chi connectivity index (χ3v) is 4.52. The van der Waals surface area contributed by atoms with Crippen molar-refractivity contribution in [3.63, 3.8) is 0 Å². The van der Waals surface area contributed by atoms with E-state index in [1.54, 1.807) is 13.8 Å². The van der Waals surface area contributed by atoms with Gasteiger partial charge in [-0.1, -0.05) is 31.2 Å². The van der Waals surface area contributed by atoms with Crippen LogP contribution < -0.4 is 5.73 Å². The van der Waals surface area contributed by atoms with Crippen molar-refractivity contribution >= 4 is 5.97 Å². The number of benzene rings is 1. The van der Waals surface area contributed by atoms with Crippen LogP contribution in [0.3, 0.4) is 0 Å². The zero-order chi connectivity index (χ0) is 20.0. The molecule has 1 heterocycles. The van der Waals surface area contributed by atoms with Crippen LogP contribution >= 0.6 is 0 Å². The van der Waals surface area contributed by atoms with Crippen LogP contribution in [0.5, 0.6) is 0 Å². The maximum Gasteiger partial charge on any atom is 0.338 e. The lowest BCUT2D eigenvalue weighted by Gasteiger charge is -2.27. The van der Waals surface area contributed by atoms with Crippen LogP contribution in [0.25, 0.3) is 0 Å². The molecule has 0 spiro atoms. The van der Waals surface area contributed by atoms with E-state index in [1.165, 1.54) is 0 Å². The molecule has 1 aliphatic rings. The molecule has 0 aromatic heterocycles. The molecule has 0 radical (unpaired) electrons. The normalized spacial score (nSPS) is 18.0. The molecule has 6 nitrogen and oxygen atoms in total. The maximum atomic E-state index is 12.5. The fourth-order valence-electron chi connectivity index (χ4n) is 2.85. The Bertz CT molecular complexity index is 787. The molecule has 0 bridgehead atoms. The van der Waals surface area contributed by atoms with E-state index in [0.29, 0.717) is 17.9 Å². The minimum atomic E-state index is -0.618. The molecule has 2 N–H and O–H groups in total. The fourth-order valence-corrected chi connectivity index (χ4v) is 2.85. The van der Waals surface area contributed by atoms with Gasteiger partial charge in [-0.05, 0) is 38.3 Å². The van der Waals surface area contributed by atoms with Gasteiger partial charge in [-0.2, -0.15) is 5.26 Å². The molecular weight excluding hydrogens is 344 g/mol.